The second-order valence-electron chi connectivity index (χ2n) is 8.19. The van der Waals surface area contributed by atoms with Crippen molar-refractivity contribution in [3.63, 3.8) is 0 Å². The van der Waals surface area contributed by atoms with E-state index in [1.54, 1.807) is 13.0 Å². The number of carbonyl (C=O) groups is 3. The van der Waals surface area contributed by atoms with Crippen molar-refractivity contribution in [1.82, 2.24) is 5.32 Å². The molecular weight excluding hydrogens is 663 g/mol. The van der Waals surface area contributed by atoms with E-state index in [9.17, 15) is 34.6 Å². The third-order valence-electron chi connectivity index (χ3n) is 5.64. The van der Waals surface area contributed by atoms with Gasteiger partial charge in [-0.15, -0.1) is 0 Å². The molecule has 1 saturated heterocycles. The van der Waals surface area contributed by atoms with Gasteiger partial charge in [-0.3, -0.25) is 35.1 Å². The number of carbonyl (C=O) groups excluding carboxylic acids is 3. The minimum atomic E-state index is -0.937. The summed E-state index contributed by atoms with van der Waals surface area (Å²) in [6.45, 7) is 1.75. The predicted octanol–water partition coefficient (Wildman–Crippen LogP) is 5.54. The van der Waals surface area contributed by atoms with Gasteiger partial charge in [0.25, 0.3) is 17.5 Å². The van der Waals surface area contributed by atoms with Gasteiger partial charge in [-0.25, -0.2) is 9.69 Å². The largest absolute Gasteiger partial charge is 0.493 e. The van der Waals surface area contributed by atoms with E-state index in [1.165, 1.54) is 37.5 Å². The summed E-state index contributed by atoms with van der Waals surface area (Å²) in [5, 5.41) is 25.0. The summed E-state index contributed by atoms with van der Waals surface area (Å²) in [5.41, 5.74) is -0.278. The number of non-ortho nitro benzene ring substituents is 1. The second kappa shape index (κ2) is 11.3. The van der Waals surface area contributed by atoms with E-state index in [2.05, 4.69) is 5.32 Å². The SMILES string of the molecule is COc1cc(/C=C2\C(=O)NC(=O)N(c3ccc(C)c(Cl)c3)C2=O)cc(I)c1Oc1ccc([N+](=O)[O-])cc1[N+](=O)[O-]. The molecule has 0 spiro atoms. The summed E-state index contributed by atoms with van der Waals surface area (Å²) < 4.78 is 11.5. The molecule has 204 valence electrons. The summed E-state index contributed by atoms with van der Waals surface area (Å²) in [5.74, 6) is -1.95. The van der Waals surface area contributed by atoms with Crippen molar-refractivity contribution < 1.29 is 33.7 Å². The normalized spacial score (nSPS) is 14.2. The lowest BCUT2D eigenvalue weighted by molar-refractivity contribution is -0.394. The number of methoxy groups -OCH3 is 1. The van der Waals surface area contributed by atoms with Crippen molar-refractivity contribution in [1.29, 1.82) is 0 Å². The van der Waals surface area contributed by atoms with E-state index in [0.29, 0.717) is 14.2 Å². The van der Waals surface area contributed by atoms with Crippen LogP contribution in [0.4, 0.5) is 21.9 Å². The van der Waals surface area contributed by atoms with Crippen LogP contribution < -0.4 is 19.7 Å². The van der Waals surface area contributed by atoms with Crippen molar-refractivity contribution in [3.8, 4) is 17.2 Å². The first-order chi connectivity index (χ1) is 18.9. The third-order valence-corrected chi connectivity index (χ3v) is 6.85. The fourth-order valence-corrected chi connectivity index (χ4v) is 4.57. The lowest BCUT2D eigenvalue weighted by atomic mass is 10.1. The number of halogens is 2. The number of barbiturate groups is 1. The number of nitro benzene ring substituents is 2. The number of imide groups is 2. The van der Waals surface area contributed by atoms with E-state index in [4.69, 9.17) is 21.1 Å². The molecule has 4 amide bonds. The van der Waals surface area contributed by atoms with Gasteiger partial charge in [-0.1, -0.05) is 17.7 Å². The molecule has 0 atom stereocenters. The highest BCUT2D eigenvalue weighted by Gasteiger charge is 2.37. The van der Waals surface area contributed by atoms with Gasteiger partial charge in [0.2, 0.25) is 5.75 Å². The van der Waals surface area contributed by atoms with Gasteiger partial charge in [0.05, 0.1) is 32.3 Å². The van der Waals surface area contributed by atoms with E-state index in [1.807, 2.05) is 22.6 Å². The average molecular weight is 679 g/mol. The van der Waals surface area contributed by atoms with Gasteiger partial charge in [0.15, 0.2) is 11.5 Å². The predicted molar refractivity (Wildman–Crippen MR) is 151 cm³/mol. The number of hydrogen-bond donors (Lipinski definition) is 1. The van der Waals surface area contributed by atoms with Gasteiger partial charge in [-0.2, -0.15) is 0 Å². The fourth-order valence-electron chi connectivity index (χ4n) is 3.66. The summed E-state index contributed by atoms with van der Waals surface area (Å²) >= 11 is 8.01. The molecule has 0 unspecified atom stereocenters. The Morgan fingerprint density at radius 3 is 2.35 bits per heavy atom. The second-order valence-corrected chi connectivity index (χ2v) is 9.76. The van der Waals surface area contributed by atoms with Crippen molar-refractivity contribution in [2.45, 2.75) is 6.92 Å². The number of nitrogens with zero attached hydrogens (tertiary/aromatic N) is 3. The van der Waals surface area contributed by atoms with Crippen LogP contribution in [0.5, 0.6) is 17.2 Å². The van der Waals surface area contributed by atoms with E-state index in [-0.39, 0.29) is 28.5 Å². The topological polar surface area (TPSA) is 171 Å². The number of ether oxygens (including phenoxy) is 2. The molecule has 1 N–H and O–H groups in total. The van der Waals surface area contributed by atoms with Crippen LogP contribution in [0.1, 0.15) is 11.1 Å². The van der Waals surface area contributed by atoms with Crippen molar-refractivity contribution in [3.05, 3.63) is 94.1 Å². The van der Waals surface area contributed by atoms with Crippen LogP contribution in [0, 0.1) is 30.7 Å². The molecule has 13 nitrogen and oxygen atoms in total. The zero-order valence-corrected chi connectivity index (χ0v) is 23.4. The summed E-state index contributed by atoms with van der Waals surface area (Å²) in [6.07, 6.45) is 1.25. The van der Waals surface area contributed by atoms with Crippen LogP contribution in [0.2, 0.25) is 5.02 Å². The Kier molecular flexibility index (Phi) is 8.01. The zero-order valence-electron chi connectivity index (χ0n) is 20.5. The molecule has 4 rings (SSSR count). The van der Waals surface area contributed by atoms with E-state index >= 15 is 0 Å². The Morgan fingerprint density at radius 2 is 1.73 bits per heavy atom. The number of urea groups is 1. The van der Waals surface area contributed by atoms with E-state index < -0.39 is 39.1 Å². The number of aryl methyl sites for hydroxylation is 1. The highest BCUT2D eigenvalue weighted by molar-refractivity contribution is 14.1. The molecule has 0 bridgehead atoms. The van der Waals surface area contributed by atoms with Crippen LogP contribution in [0.25, 0.3) is 6.08 Å². The number of hydrogen-bond acceptors (Lipinski definition) is 9. The summed E-state index contributed by atoms with van der Waals surface area (Å²) in [7, 11) is 1.31. The van der Waals surface area contributed by atoms with Crippen molar-refractivity contribution in [2.24, 2.45) is 0 Å². The maximum absolute atomic E-state index is 13.2. The van der Waals surface area contributed by atoms with Gasteiger partial charge >= 0.3 is 11.7 Å². The van der Waals surface area contributed by atoms with Gasteiger partial charge < -0.3 is 9.47 Å². The lowest BCUT2D eigenvalue weighted by Gasteiger charge is -2.26. The number of benzene rings is 3. The van der Waals surface area contributed by atoms with Gasteiger partial charge in [0.1, 0.15) is 5.57 Å². The third kappa shape index (κ3) is 5.57. The quantitative estimate of drug-likeness (QED) is 0.111. The minimum absolute atomic E-state index is 0.0488. The van der Waals surface area contributed by atoms with Crippen LogP contribution in [-0.4, -0.2) is 34.8 Å². The standard InChI is InChI=1S/C25H16ClIN4O9/c1-12-3-4-14(10-17(12)26)29-24(33)16(23(32)28-25(29)34)7-13-8-18(27)22(21(9-13)39-2)40-20-6-5-15(30(35)36)11-19(20)31(37)38/h3-11H,1-2H3,(H,28,32,34)/b16-7+. The van der Waals surface area contributed by atoms with Gasteiger partial charge in [0, 0.05) is 11.1 Å². The highest BCUT2D eigenvalue weighted by atomic mass is 127. The Labute approximate surface area is 243 Å². The maximum Gasteiger partial charge on any atom is 0.335 e. The molecule has 0 aliphatic carbocycles. The maximum atomic E-state index is 13.2. The molecule has 3 aromatic rings. The molecule has 1 aliphatic heterocycles. The molecule has 0 radical (unpaired) electrons. The molecule has 1 aliphatic rings. The lowest BCUT2D eigenvalue weighted by Crippen LogP contribution is -2.54. The number of rotatable bonds is 7. The highest BCUT2D eigenvalue weighted by Crippen LogP contribution is 2.41. The molecule has 0 aromatic heterocycles. The smallest absolute Gasteiger partial charge is 0.335 e. The van der Waals surface area contributed by atoms with Crippen molar-refractivity contribution >= 4 is 75.2 Å². The zero-order chi connectivity index (χ0) is 29.3. The van der Waals surface area contributed by atoms with E-state index in [0.717, 1.165) is 28.7 Å². The summed E-state index contributed by atoms with van der Waals surface area (Å²) in [6, 6.07) is 9.47. The molecule has 1 heterocycles. The fraction of sp³-hybridized carbons (Fsp3) is 0.0800. The molecule has 40 heavy (non-hydrogen) atoms. The average Bonchev–Trinajstić information content (AvgIpc) is 2.89. The molecule has 1 fully saturated rings. The Hall–Kier alpha value is -4.57. The Bertz CT molecular complexity index is 1660. The number of nitro groups is 2. The number of anilines is 1. The van der Waals surface area contributed by atoms with Crippen LogP contribution in [0.15, 0.2) is 54.1 Å². The van der Waals surface area contributed by atoms with Gasteiger partial charge in [-0.05, 0) is 77.0 Å². The Balaban J connectivity index is 1.72. The number of nitrogens with one attached hydrogen (secondary N) is 1. The molecule has 0 saturated carbocycles. The molecular formula is C25H16ClIN4O9. The molecule has 15 heteroatoms. The van der Waals surface area contributed by atoms with Crippen LogP contribution >= 0.6 is 34.2 Å². The first-order valence-electron chi connectivity index (χ1n) is 11.1. The van der Waals surface area contributed by atoms with Crippen LogP contribution in [0.3, 0.4) is 0 Å². The molecule has 3 aromatic carbocycles. The minimum Gasteiger partial charge on any atom is -0.493 e. The summed E-state index contributed by atoms with van der Waals surface area (Å²) in [4.78, 5) is 60.1. The van der Waals surface area contributed by atoms with Crippen LogP contribution in [-0.2, 0) is 9.59 Å². The number of amides is 4. The first-order valence-corrected chi connectivity index (χ1v) is 12.5. The van der Waals surface area contributed by atoms with Crippen molar-refractivity contribution in [2.75, 3.05) is 12.0 Å². The Morgan fingerprint density at radius 1 is 1.00 bits per heavy atom. The monoisotopic (exact) mass is 678 g/mol. The first kappa shape index (κ1) is 28.4.